The van der Waals surface area contributed by atoms with E-state index in [-0.39, 0.29) is 18.8 Å². The molecule has 0 aliphatic heterocycles. The molecule has 0 saturated carbocycles. The van der Waals surface area contributed by atoms with Crippen molar-refractivity contribution >= 4 is 14.6 Å². The molecule has 1 unspecified atom stereocenters. The number of carbonyl (C=O) groups is 1. The average Bonchev–Trinajstić information content (AvgIpc) is 2.10. The summed E-state index contributed by atoms with van der Waals surface area (Å²) in [6, 6.07) is 0. The van der Waals surface area contributed by atoms with Gasteiger partial charge in [-0.25, -0.2) is 4.79 Å². The van der Waals surface area contributed by atoms with Crippen molar-refractivity contribution in [1.82, 2.24) is 0 Å². The van der Waals surface area contributed by atoms with Gasteiger partial charge in [0, 0.05) is 5.57 Å². The minimum atomic E-state index is -2.49. The Balaban J connectivity index is 3.58. The number of aliphatic hydroxyl groups is 1. The lowest BCUT2D eigenvalue weighted by Crippen LogP contribution is -2.23. The van der Waals surface area contributed by atoms with Gasteiger partial charge in [-0.1, -0.05) is 6.58 Å². The molecule has 7 heteroatoms. The fourth-order valence-electron chi connectivity index (χ4n) is 0.496. The summed E-state index contributed by atoms with van der Waals surface area (Å²) in [5.74, 6) is -0.612. The van der Waals surface area contributed by atoms with E-state index in [9.17, 15) is 4.79 Å². The normalized spacial score (nSPS) is 12.6. The molecule has 0 radical (unpaired) electrons. The van der Waals surface area contributed by atoms with Gasteiger partial charge in [-0.2, -0.15) is 0 Å². The molecule has 0 spiro atoms. The van der Waals surface area contributed by atoms with E-state index in [4.69, 9.17) is 14.9 Å². The molecule has 0 rings (SSSR count). The molecule has 0 amide bonds. The van der Waals surface area contributed by atoms with Gasteiger partial charge in [-0.05, 0) is 6.92 Å². The summed E-state index contributed by atoms with van der Waals surface area (Å²) >= 11 is 0. The van der Waals surface area contributed by atoms with Crippen LogP contribution in [0, 0.1) is 0 Å². The van der Waals surface area contributed by atoms with Gasteiger partial charge in [0.2, 0.25) is 0 Å². The van der Waals surface area contributed by atoms with Gasteiger partial charge in [0.15, 0.2) is 0 Å². The van der Waals surface area contributed by atoms with Crippen molar-refractivity contribution in [3.05, 3.63) is 12.2 Å². The molecular weight excluding hydrogens is 211 g/mol. The van der Waals surface area contributed by atoms with Gasteiger partial charge < -0.3 is 24.2 Å². The number of ether oxygens (including phenoxy) is 1. The third kappa shape index (κ3) is 6.94. The van der Waals surface area contributed by atoms with Crippen molar-refractivity contribution < 1.29 is 28.9 Å². The monoisotopic (exact) mass is 224 g/mol. The van der Waals surface area contributed by atoms with Gasteiger partial charge in [-0.3, -0.25) is 0 Å². The minimum absolute atomic E-state index is 0.227. The first-order valence-electron chi connectivity index (χ1n) is 3.75. The number of carbonyl (C=O) groups excluding carboxylic acids is 1. The van der Waals surface area contributed by atoms with Crippen molar-refractivity contribution in [1.29, 1.82) is 0 Å². The SMILES string of the molecule is C=C(C)C(=O)OCC(O)COP(O)O. The highest BCUT2D eigenvalue weighted by molar-refractivity contribution is 7.39. The van der Waals surface area contributed by atoms with Crippen LogP contribution in [0.3, 0.4) is 0 Å². The minimum Gasteiger partial charge on any atom is -0.460 e. The highest BCUT2D eigenvalue weighted by Crippen LogP contribution is 2.23. The zero-order chi connectivity index (χ0) is 11.1. The first kappa shape index (κ1) is 13.5. The van der Waals surface area contributed by atoms with E-state index in [1.165, 1.54) is 6.92 Å². The lowest BCUT2D eigenvalue weighted by molar-refractivity contribution is -0.142. The van der Waals surface area contributed by atoms with Crippen molar-refractivity contribution in [2.75, 3.05) is 13.2 Å². The predicted molar refractivity (Wildman–Crippen MR) is 49.1 cm³/mol. The highest BCUT2D eigenvalue weighted by Gasteiger charge is 2.11. The molecule has 1 atom stereocenters. The van der Waals surface area contributed by atoms with Gasteiger partial charge in [0.1, 0.15) is 12.7 Å². The summed E-state index contributed by atoms with van der Waals surface area (Å²) in [5, 5.41) is 9.08. The smallest absolute Gasteiger partial charge is 0.333 e. The van der Waals surface area contributed by atoms with E-state index in [1.54, 1.807) is 0 Å². The molecule has 0 aliphatic rings. The number of hydrogen-bond donors (Lipinski definition) is 3. The fourth-order valence-corrected chi connectivity index (χ4v) is 0.801. The first-order valence-corrected chi connectivity index (χ1v) is 4.91. The summed E-state index contributed by atoms with van der Waals surface area (Å²) in [6.45, 7) is 4.25. The quantitative estimate of drug-likeness (QED) is 0.325. The largest absolute Gasteiger partial charge is 0.460 e. The maximum atomic E-state index is 10.8. The second-order valence-electron chi connectivity index (χ2n) is 2.58. The molecule has 0 aromatic rings. The van der Waals surface area contributed by atoms with E-state index in [1.807, 2.05) is 0 Å². The molecule has 6 nitrogen and oxygen atoms in total. The highest BCUT2D eigenvalue weighted by atomic mass is 31.2. The summed E-state index contributed by atoms with van der Waals surface area (Å²) in [4.78, 5) is 27.5. The maximum absolute atomic E-state index is 10.8. The van der Waals surface area contributed by atoms with Crippen LogP contribution in [0.25, 0.3) is 0 Å². The Labute approximate surface area is 82.8 Å². The Bertz CT molecular complexity index is 204. The predicted octanol–water partition coefficient (Wildman–Crippen LogP) is -0.305. The first-order chi connectivity index (χ1) is 6.43. The molecule has 0 saturated heterocycles. The number of aliphatic hydroxyl groups excluding tert-OH is 1. The zero-order valence-corrected chi connectivity index (χ0v) is 8.61. The van der Waals surface area contributed by atoms with Crippen molar-refractivity contribution in [2.24, 2.45) is 0 Å². The molecule has 82 valence electrons. The topological polar surface area (TPSA) is 96.2 Å². The van der Waals surface area contributed by atoms with E-state index >= 15 is 0 Å². The summed E-state index contributed by atoms with van der Waals surface area (Å²) in [5.41, 5.74) is 0.227. The maximum Gasteiger partial charge on any atom is 0.333 e. The van der Waals surface area contributed by atoms with Crippen LogP contribution in [0.1, 0.15) is 6.92 Å². The number of rotatable bonds is 6. The second kappa shape index (κ2) is 6.86. The fraction of sp³-hybridized carbons (Fsp3) is 0.571. The molecular formula is C7H13O6P. The van der Waals surface area contributed by atoms with Gasteiger partial charge in [0.05, 0.1) is 6.61 Å². The average molecular weight is 224 g/mol. The number of esters is 1. The molecule has 0 fully saturated rings. The Kier molecular flexibility index (Phi) is 6.61. The standard InChI is InChI=1S/C7H13O6P/c1-5(2)7(9)12-3-6(8)4-13-14(10)11/h6,8,10-11H,1,3-4H2,2H3. The van der Waals surface area contributed by atoms with Crippen LogP contribution in [-0.4, -0.2) is 40.2 Å². The molecule has 0 aromatic carbocycles. The van der Waals surface area contributed by atoms with Gasteiger partial charge in [-0.15, -0.1) is 0 Å². The molecule has 3 N–H and O–H groups in total. The molecule has 0 bridgehead atoms. The Morgan fingerprint density at radius 1 is 1.50 bits per heavy atom. The third-order valence-corrected chi connectivity index (χ3v) is 1.52. The van der Waals surface area contributed by atoms with Crippen LogP contribution in [-0.2, 0) is 14.1 Å². The van der Waals surface area contributed by atoms with E-state index in [0.29, 0.717) is 0 Å². The van der Waals surface area contributed by atoms with E-state index in [0.717, 1.165) is 0 Å². The Morgan fingerprint density at radius 3 is 2.50 bits per heavy atom. The van der Waals surface area contributed by atoms with Crippen molar-refractivity contribution in [3.8, 4) is 0 Å². The van der Waals surface area contributed by atoms with Crippen LogP contribution in [0.15, 0.2) is 12.2 Å². The molecule has 0 aliphatic carbocycles. The third-order valence-electron chi connectivity index (χ3n) is 1.14. The lowest BCUT2D eigenvalue weighted by Gasteiger charge is -2.11. The Morgan fingerprint density at radius 2 is 2.07 bits per heavy atom. The summed E-state index contributed by atoms with van der Waals surface area (Å²) in [7, 11) is -2.49. The molecule has 0 aromatic heterocycles. The van der Waals surface area contributed by atoms with Crippen LogP contribution in [0.2, 0.25) is 0 Å². The Hall–Kier alpha value is -0.520. The second-order valence-corrected chi connectivity index (χ2v) is 3.34. The van der Waals surface area contributed by atoms with Crippen LogP contribution < -0.4 is 0 Å². The van der Waals surface area contributed by atoms with Crippen LogP contribution >= 0.6 is 8.60 Å². The van der Waals surface area contributed by atoms with Gasteiger partial charge >= 0.3 is 14.6 Å². The number of hydrogen-bond acceptors (Lipinski definition) is 6. The lowest BCUT2D eigenvalue weighted by atomic mass is 10.3. The zero-order valence-electron chi connectivity index (χ0n) is 7.71. The molecule has 0 heterocycles. The van der Waals surface area contributed by atoms with Crippen LogP contribution in [0.4, 0.5) is 0 Å². The van der Waals surface area contributed by atoms with Crippen LogP contribution in [0.5, 0.6) is 0 Å². The van der Waals surface area contributed by atoms with Gasteiger partial charge in [0.25, 0.3) is 0 Å². The summed E-state index contributed by atoms with van der Waals surface area (Å²) < 4.78 is 8.88. The summed E-state index contributed by atoms with van der Waals surface area (Å²) in [6.07, 6.45) is -1.08. The molecule has 14 heavy (non-hydrogen) atoms. The van der Waals surface area contributed by atoms with E-state index in [2.05, 4.69) is 15.8 Å². The van der Waals surface area contributed by atoms with E-state index < -0.39 is 20.7 Å². The van der Waals surface area contributed by atoms with Crippen molar-refractivity contribution in [2.45, 2.75) is 13.0 Å². The van der Waals surface area contributed by atoms with Crippen molar-refractivity contribution in [3.63, 3.8) is 0 Å².